The maximum Gasteiger partial charge on any atom is 0.271 e. The fraction of sp³-hybridized carbons (Fsp3) is 0. The second-order valence-corrected chi connectivity index (χ2v) is 3.99. The van der Waals surface area contributed by atoms with Crippen LogP contribution >= 0.6 is 11.6 Å². The zero-order valence-electron chi connectivity index (χ0n) is 9.56. The normalized spacial score (nSPS) is 9.95. The average molecular weight is 278 g/mol. The van der Waals surface area contributed by atoms with Crippen molar-refractivity contribution in [2.45, 2.75) is 0 Å². The van der Waals surface area contributed by atoms with Gasteiger partial charge in [0.25, 0.3) is 5.69 Å². The second kappa shape index (κ2) is 5.45. The number of nitro groups is 1. The van der Waals surface area contributed by atoms with Gasteiger partial charge in [0.2, 0.25) is 6.41 Å². The summed E-state index contributed by atoms with van der Waals surface area (Å²) < 4.78 is 0. The van der Waals surface area contributed by atoms with Gasteiger partial charge in [0.15, 0.2) is 0 Å². The minimum atomic E-state index is -0.550. The third-order valence-electron chi connectivity index (χ3n) is 2.43. The van der Waals surface area contributed by atoms with Crippen molar-refractivity contribution in [3.05, 3.63) is 57.9 Å². The molecule has 6 nitrogen and oxygen atoms in total. The molecule has 1 heterocycles. The van der Waals surface area contributed by atoms with Crippen LogP contribution in [-0.2, 0) is 4.79 Å². The molecule has 0 fully saturated rings. The van der Waals surface area contributed by atoms with Gasteiger partial charge in [-0.15, -0.1) is 0 Å². The van der Waals surface area contributed by atoms with Crippen LogP contribution in [0.25, 0.3) is 0 Å². The monoisotopic (exact) mass is 277 g/mol. The fourth-order valence-corrected chi connectivity index (χ4v) is 1.76. The van der Waals surface area contributed by atoms with Crippen LogP contribution in [0.4, 0.5) is 17.1 Å². The summed E-state index contributed by atoms with van der Waals surface area (Å²) >= 11 is 5.98. The van der Waals surface area contributed by atoms with Gasteiger partial charge in [0.05, 0.1) is 27.5 Å². The Kier molecular flexibility index (Phi) is 3.72. The molecule has 2 aromatic rings. The van der Waals surface area contributed by atoms with E-state index in [0.29, 0.717) is 12.1 Å². The minimum absolute atomic E-state index is 0.143. The molecule has 0 aliphatic heterocycles. The summed E-state index contributed by atoms with van der Waals surface area (Å²) in [6.45, 7) is 0. The first-order valence-corrected chi connectivity index (χ1v) is 5.60. The number of aromatic nitrogens is 1. The van der Waals surface area contributed by atoms with E-state index in [-0.39, 0.29) is 16.4 Å². The van der Waals surface area contributed by atoms with Crippen molar-refractivity contribution in [2.75, 3.05) is 4.90 Å². The quantitative estimate of drug-likeness (QED) is 0.489. The van der Waals surface area contributed by atoms with Crippen molar-refractivity contribution in [2.24, 2.45) is 0 Å². The van der Waals surface area contributed by atoms with Crippen molar-refractivity contribution in [3.8, 4) is 0 Å². The van der Waals surface area contributed by atoms with Crippen LogP contribution in [0, 0.1) is 10.1 Å². The fourth-order valence-electron chi connectivity index (χ4n) is 1.55. The molecule has 0 spiro atoms. The number of pyridine rings is 1. The minimum Gasteiger partial charge on any atom is -0.280 e. The van der Waals surface area contributed by atoms with Gasteiger partial charge in [-0.3, -0.25) is 24.8 Å². The van der Waals surface area contributed by atoms with Crippen molar-refractivity contribution < 1.29 is 9.72 Å². The number of hydrogen-bond acceptors (Lipinski definition) is 4. The number of carbonyl (C=O) groups excluding carboxylic acids is 1. The Hall–Kier alpha value is -2.47. The summed E-state index contributed by atoms with van der Waals surface area (Å²) in [5, 5.41) is 11.0. The first-order valence-electron chi connectivity index (χ1n) is 5.22. The van der Waals surface area contributed by atoms with Crippen LogP contribution in [-0.4, -0.2) is 16.3 Å². The molecule has 96 valence electrons. The summed E-state index contributed by atoms with van der Waals surface area (Å²) in [4.78, 5) is 26.5. The van der Waals surface area contributed by atoms with Crippen LogP contribution < -0.4 is 4.90 Å². The van der Waals surface area contributed by atoms with E-state index in [0.717, 1.165) is 0 Å². The standard InChI is InChI=1S/C12H8ClN3O3/c13-11-4-3-9(16(18)19)6-12(11)15(8-17)10-2-1-5-14-7-10/h1-8H. The highest BCUT2D eigenvalue weighted by molar-refractivity contribution is 6.34. The van der Waals surface area contributed by atoms with E-state index in [4.69, 9.17) is 11.6 Å². The molecule has 0 saturated carbocycles. The van der Waals surface area contributed by atoms with Gasteiger partial charge < -0.3 is 0 Å². The van der Waals surface area contributed by atoms with Crippen LogP contribution in [0.15, 0.2) is 42.7 Å². The van der Waals surface area contributed by atoms with Gasteiger partial charge in [0, 0.05) is 18.3 Å². The Labute approximate surface area is 113 Å². The lowest BCUT2D eigenvalue weighted by Gasteiger charge is -2.18. The Morgan fingerprint density at radius 2 is 2.16 bits per heavy atom. The Balaban J connectivity index is 2.52. The molecule has 0 N–H and O–H groups in total. The van der Waals surface area contributed by atoms with E-state index in [9.17, 15) is 14.9 Å². The van der Waals surface area contributed by atoms with Crippen LogP contribution in [0.1, 0.15) is 0 Å². The number of benzene rings is 1. The predicted octanol–water partition coefficient (Wildman–Crippen LogP) is 2.94. The van der Waals surface area contributed by atoms with E-state index in [1.807, 2.05) is 0 Å². The zero-order valence-corrected chi connectivity index (χ0v) is 10.3. The number of rotatable bonds is 4. The maximum absolute atomic E-state index is 11.2. The zero-order chi connectivity index (χ0) is 13.8. The number of amides is 1. The van der Waals surface area contributed by atoms with Gasteiger partial charge >= 0.3 is 0 Å². The summed E-state index contributed by atoms with van der Waals surface area (Å²) in [7, 11) is 0. The topological polar surface area (TPSA) is 76.3 Å². The number of halogens is 1. The summed E-state index contributed by atoms with van der Waals surface area (Å²) in [5.74, 6) is 0. The highest BCUT2D eigenvalue weighted by Crippen LogP contribution is 2.33. The van der Waals surface area contributed by atoms with E-state index in [2.05, 4.69) is 4.98 Å². The lowest BCUT2D eigenvalue weighted by atomic mass is 10.2. The molecule has 0 saturated heterocycles. The molecule has 1 aromatic heterocycles. The molecule has 2 rings (SSSR count). The number of nitrogens with zero attached hydrogens (tertiary/aromatic N) is 3. The molecule has 0 atom stereocenters. The van der Waals surface area contributed by atoms with Crippen LogP contribution in [0.3, 0.4) is 0 Å². The van der Waals surface area contributed by atoms with Crippen molar-refractivity contribution in [1.29, 1.82) is 0 Å². The molecule has 0 aliphatic carbocycles. The van der Waals surface area contributed by atoms with E-state index in [1.165, 1.54) is 29.3 Å². The third-order valence-corrected chi connectivity index (χ3v) is 2.75. The molecule has 0 aliphatic rings. The summed E-state index contributed by atoms with van der Waals surface area (Å²) in [5.41, 5.74) is 0.564. The average Bonchev–Trinajstić information content (AvgIpc) is 2.42. The first kappa shape index (κ1) is 13.0. The second-order valence-electron chi connectivity index (χ2n) is 3.58. The highest BCUT2D eigenvalue weighted by atomic mass is 35.5. The number of non-ortho nitro benzene ring substituents is 1. The van der Waals surface area contributed by atoms with Crippen molar-refractivity contribution in [3.63, 3.8) is 0 Å². The molecule has 1 amide bonds. The smallest absolute Gasteiger partial charge is 0.271 e. The summed E-state index contributed by atoms with van der Waals surface area (Å²) in [6.07, 6.45) is 3.55. The molecule has 1 aromatic carbocycles. The van der Waals surface area contributed by atoms with E-state index >= 15 is 0 Å². The first-order chi connectivity index (χ1) is 9.13. The molecule has 0 bridgehead atoms. The molecular weight excluding hydrogens is 270 g/mol. The maximum atomic E-state index is 11.2. The number of hydrogen-bond donors (Lipinski definition) is 0. The molecule has 0 radical (unpaired) electrons. The van der Waals surface area contributed by atoms with Gasteiger partial charge in [-0.05, 0) is 18.2 Å². The van der Waals surface area contributed by atoms with E-state index < -0.39 is 4.92 Å². The number of nitro benzene ring substituents is 1. The molecule has 0 unspecified atom stereocenters. The molecule has 7 heteroatoms. The number of carbonyl (C=O) groups is 1. The van der Waals surface area contributed by atoms with Gasteiger partial charge in [-0.1, -0.05) is 11.6 Å². The van der Waals surface area contributed by atoms with Gasteiger partial charge in [-0.25, -0.2) is 0 Å². The van der Waals surface area contributed by atoms with Gasteiger partial charge in [0.1, 0.15) is 0 Å². The molecular formula is C12H8ClN3O3. The third kappa shape index (κ3) is 2.69. The Morgan fingerprint density at radius 1 is 1.37 bits per heavy atom. The SMILES string of the molecule is O=CN(c1cccnc1)c1cc([N+](=O)[O-])ccc1Cl. The Morgan fingerprint density at radius 3 is 2.74 bits per heavy atom. The predicted molar refractivity (Wildman–Crippen MR) is 70.5 cm³/mol. The van der Waals surface area contributed by atoms with E-state index in [1.54, 1.807) is 18.3 Å². The molecule has 19 heavy (non-hydrogen) atoms. The highest BCUT2D eigenvalue weighted by Gasteiger charge is 2.16. The lowest BCUT2D eigenvalue weighted by molar-refractivity contribution is -0.384. The lowest BCUT2D eigenvalue weighted by Crippen LogP contribution is -2.14. The van der Waals surface area contributed by atoms with Crippen LogP contribution in [0.5, 0.6) is 0 Å². The Bertz CT molecular complexity index is 619. The number of anilines is 2. The largest absolute Gasteiger partial charge is 0.280 e. The van der Waals surface area contributed by atoms with Crippen LogP contribution in [0.2, 0.25) is 5.02 Å². The summed E-state index contributed by atoms with van der Waals surface area (Å²) in [6, 6.07) is 7.19. The van der Waals surface area contributed by atoms with Crippen molar-refractivity contribution in [1.82, 2.24) is 4.98 Å². The van der Waals surface area contributed by atoms with Crippen molar-refractivity contribution >= 4 is 35.1 Å². The van der Waals surface area contributed by atoms with Gasteiger partial charge in [-0.2, -0.15) is 0 Å².